The van der Waals surface area contributed by atoms with Crippen LogP contribution in [0.25, 0.3) is 11.4 Å². The molecule has 1 atom stereocenters. The van der Waals surface area contributed by atoms with Crippen LogP contribution in [0.15, 0.2) is 53.7 Å². The highest BCUT2D eigenvalue weighted by Crippen LogP contribution is 2.37. The molecule has 6 rings (SSSR count). The Morgan fingerprint density at radius 1 is 1.15 bits per heavy atom. The molecule has 2 aliphatic heterocycles. The van der Waals surface area contributed by atoms with Crippen LogP contribution in [-0.2, 0) is 6.42 Å². The summed E-state index contributed by atoms with van der Waals surface area (Å²) in [6.07, 6.45) is 4.41. The number of nitrogens with one attached hydrogen (secondary N) is 2. The van der Waals surface area contributed by atoms with Crippen molar-refractivity contribution in [2.24, 2.45) is 10.9 Å². The number of likely N-dealkylation sites (N-methyl/N-ethyl adjacent to an activating group) is 1. The van der Waals surface area contributed by atoms with Crippen molar-refractivity contribution < 1.29 is 9.18 Å². The van der Waals surface area contributed by atoms with Gasteiger partial charge in [-0.2, -0.15) is 0 Å². The Kier molecular flexibility index (Phi) is 5.01. The zero-order valence-corrected chi connectivity index (χ0v) is 18.9. The van der Waals surface area contributed by atoms with Crippen molar-refractivity contribution in [2.45, 2.75) is 25.3 Å². The number of benzene rings is 2. The molecule has 1 amide bonds. The third-order valence-corrected chi connectivity index (χ3v) is 6.66. The Bertz CT molecular complexity index is 1300. The number of amidine groups is 1. The minimum absolute atomic E-state index is 0.0783. The monoisotopic (exact) mass is 456 g/mol. The van der Waals surface area contributed by atoms with Crippen LogP contribution >= 0.6 is 0 Å². The Morgan fingerprint density at radius 2 is 1.97 bits per heavy atom. The lowest BCUT2D eigenvalue weighted by Crippen LogP contribution is -2.31. The first-order chi connectivity index (χ1) is 16.5. The number of carbonyl (C=O) groups excluding carboxylic acids is 1. The molecule has 1 aliphatic carbocycles. The van der Waals surface area contributed by atoms with Gasteiger partial charge in [-0.25, -0.2) is 14.4 Å². The van der Waals surface area contributed by atoms with E-state index < -0.39 is 5.82 Å². The molecule has 1 unspecified atom stereocenters. The number of aromatic nitrogens is 2. The quantitative estimate of drug-likeness (QED) is 0.604. The summed E-state index contributed by atoms with van der Waals surface area (Å²) in [4.78, 5) is 27.8. The van der Waals surface area contributed by atoms with Crippen LogP contribution in [0.2, 0.25) is 0 Å². The predicted octanol–water partition coefficient (Wildman–Crippen LogP) is 4.11. The molecule has 2 aromatic carbocycles. The SMILES string of the molecule is CN1CC(c2ccc(-c3ncc(F)c(Nc4ccc5c(c4)CCNC5=O)n3)cc2)N=C1C1CC1. The van der Waals surface area contributed by atoms with E-state index in [0.29, 0.717) is 29.5 Å². The number of hydrogen-bond acceptors (Lipinski definition) is 6. The molecule has 34 heavy (non-hydrogen) atoms. The van der Waals surface area contributed by atoms with Gasteiger partial charge in [-0.15, -0.1) is 0 Å². The average molecular weight is 457 g/mol. The maximum absolute atomic E-state index is 14.5. The molecule has 0 radical (unpaired) electrons. The summed E-state index contributed by atoms with van der Waals surface area (Å²) in [5, 5.41) is 5.87. The number of halogens is 1. The van der Waals surface area contributed by atoms with Gasteiger partial charge >= 0.3 is 0 Å². The predicted molar refractivity (Wildman–Crippen MR) is 129 cm³/mol. The molecule has 7 nitrogen and oxygen atoms in total. The second-order valence-corrected chi connectivity index (χ2v) is 9.17. The molecule has 0 bridgehead atoms. The van der Waals surface area contributed by atoms with Crippen LogP contribution in [0.3, 0.4) is 0 Å². The van der Waals surface area contributed by atoms with Crippen LogP contribution in [0.5, 0.6) is 0 Å². The number of amides is 1. The molecular weight excluding hydrogens is 431 g/mol. The lowest BCUT2D eigenvalue weighted by molar-refractivity contribution is 0.0946. The molecule has 0 saturated heterocycles. The molecule has 3 aromatic rings. The highest BCUT2D eigenvalue weighted by atomic mass is 19.1. The highest BCUT2D eigenvalue weighted by molar-refractivity contribution is 5.97. The Balaban J connectivity index is 1.22. The van der Waals surface area contributed by atoms with Gasteiger partial charge in [-0.3, -0.25) is 9.79 Å². The molecule has 1 fully saturated rings. The van der Waals surface area contributed by atoms with E-state index in [4.69, 9.17) is 4.99 Å². The smallest absolute Gasteiger partial charge is 0.251 e. The van der Waals surface area contributed by atoms with Gasteiger partial charge in [0.05, 0.1) is 12.2 Å². The molecule has 172 valence electrons. The molecule has 0 spiro atoms. The van der Waals surface area contributed by atoms with Crippen molar-refractivity contribution in [1.82, 2.24) is 20.2 Å². The summed E-state index contributed by atoms with van der Waals surface area (Å²) < 4.78 is 14.5. The third-order valence-electron chi connectivity index (χ3n) is 6.66. The summed E-state index contributed by atoms with van der Waals surface area (Å²) in [6.45, 7) is 1.50. The van der Waals surface area contributed by atoms with Crippen molar-refractivity contribution in [3.63, 3.8) is 0 Å². The van der Waals surface area contributed by atoms with E-state index in [1.807, 2.05) is 18.2 Å². The lowest BCUT2D eigenvalue weighted by atomic mass is 10.00. The van der Waals surface area contributed by atoms with Gasteiger partial charge in [0.2, 0.25) is 0 Å². The van der Waals surface area contributed by atoms with Crippen LogP contribution in [-0.4, -0.2) is 46.7 Å². The number of aliphatic imine (C=N–C) groups is 1. The van der Waals surface area contributed by atoms with E-state index in [1.54, 1.807) is 12.1 Å². The highest BCUT2D eigenvalue weighted by Gasteiger charge is 2.35. The number of anilines is 2. The molecular formula is C26H25FN6O. The van der Waals surface area contributed by atoms with Crippen molar-refractivity contribution in [2.75, 3.05) is 25.5 Å². The van der Waals surface area contributed by atoms with Crippen molar-refractivity contribution in [3.8, 4) is 11.4 Å². The van der Waals surface area contributed by atoms with Crippen molar-refractivity contribution in [3.05, 3.63) is 71.2 Å². The lowest BCUT2D eigenvalue weighted by Gasteiger charge is -2.17. The van der Waals surface area contributed by atoms with Gasteiger partial charge in [0, 0.05) is 42.9 Å². The maximum atomic E-state index is 14.5. The standard InChI is InChI=1S/C26H25FN6O/c1-33-14-22(31-25(33)17-6-7-17)15-2-4-16(5-3-15)23-29-13-21(27)24(32-23)30-19-8-9-20-18(12-19)10-11-28-26(20)34/h2-5,8-9,12-13,17,22H,6-7,10-11,14H2,1H3,(H,28,34)(H,29,30,32). The molecule has 3 aliphatic rings. The first-order valence-electron chi connectivity index (χ1n) is 11.6. The second-order valence-electron chi connectivity index (χ2n) is 9.17. The summed E-state index contributed by atoms with van der Waals surface area (Å²) in [5.41, 5.74) is 4.24. The fourth-order valence-electron chi connectivity index (χ4n) is 4.68. The number of carbonyl (C=O) groups is 1. The van der Waals surface area contributed by atoms with Crippen molar-refractivity contribution >= 4 is 23.2 Å². The zero-order valence-electron chi connectivity index (χ0n) is 18.9. The third kappa shape index (κ3) is 3.89. The van der Waals surface area contributed by atoms with Crippen LogP contribution < -0.4 is 10.6 Å². The number of fused-ring (bicyclic) bond motifs is 1. The molecule has 2 N–H and O–H groups in total. The second kappa shape index (κ2) is 8.20. The topological polar surface area (TPSA) is 82.5 Å². The summed E-state index contributed by atoms with van der Waals surface area (Å²) >= 11 is 0. The maximum Gasteiger partial charge on any atom is 0.251 e. The van der Waals surface area contributed by atoms with Gasteiger partial charge in [0.15, 0.2) is 17.5 Å². The van der Waals surface area contributed by atoms with E-state index in [2.05, 4.69) is 44.7 Å². The fraction of sp³-hybridized carbons (Fsp3) is 0.308. The Hall–Kier alpha value is -3.81. The van der Waals surface area contributed by atoms with E-state index in [0.717, 1.165) is 29.7 Å². The number of rotatable bonds is 5. The molecule has 1 saturated carbocycles. The van der Waals surface area contributed by atoms with Gasteiger partial charge < -0.3 is 15.5 Å². The first kappa shape index (κ1) is 20.8. The molecule has 3 heterocycles. The van der Waals surface area contributed by atoms with Crippen molar-refractivity contribution in [1.29, 1.82) is 0 Å². The van der Waals surface area contributed by atoms with Gasteiger partial charge in [-0.05, 0) is 48.6 Å². The fourth-order valence-corrected chi connectivity index (χ4v) is 4.68. The minimum Gasteiger partial charge on any atom is -0.361 e. The van der Waals surface area contributed by atoms with Crippen LogP contribution in [0.4, 0.5) is 15.9 Å². The van der Waals surface area contributed by atoms with E-state index in [1.165, 1.54) is 24.9 Å². The Morgan fingerprint density at radius 3 is 2.76 bits per heavy atom. The normalized spacial score (nSPS) is 19.5. The van der Waals surface area contributed by atoms with Crippen LogP contribution in [0, 0.1) is 11.7 Å². The number of hydrogen-bond donors (Lipinski definition) is 2. The average Bonchev–Trinajstić information content (AvgIpc) is 3.62. The van der Waals surface area contributed by atoms with Gasteiger partial charge in [0.25, 0.3) is 5.91 Å². The van der Waals surface area contributed by atoms with E-state index in [-0.39, 0.29) is 17.8 Å². The van der Waals surface area contributed by atoms with Gasteiger partial charge in [-0.1, -0.05) is 24.3 Å². The summed E-state index contributed by atoms with van der Waals surface area (Å²) in [7, 11) is 2.11. The molecule has 8 heteroatoms. The number of nitrogens with zero attached hydrogens (tertiary/aromatic N) is 4. The molecule has 1 aromatic heterocycles. The van der Waals surface area contributed by atoms with Crippen LogP contribution in [0.1, 0.15) is 40.4 Å². The van der Waals surface area contributed by atoms with E-state index >= 15 is 0 Å². The largest absolute Gasteiger partial charge is 0.361 e. The zero-order chi connectivity index (χ0) is 23.2. The Labute approximate surface area is 197 Å². The van der Waals surface area contributed by atoms with Gasteiger partial charge in [0.1, 0.15) is 5.84 Å². The minimum atomic E-state index is -0.535. The first-order valence-corrected chi connectivity index (χ1v) is 11.6. The summed E-state index contributed by atoms with van der Waals surface area (Å²) in [6, 6.07) is 13.6. The van der Waals surface area contributed by atoms with E-state index in [9.17, 15) is 9.18 Å². The summed E-state index contributed by atoms with van der Waals surface area (Å²) in [5.74, 6) is 1.80.